The number of benzene rings is 12. The van der Waals surface area contributed by atoms with Crippen LogP contribution in [0.1, 0.15) is 15.1 Å². The molecule has 0 aliphatic rings. The largest absolute Gasteiger partial charge is 0.309 e. The summed E-state index contributed by atoms with van der Waals surface area (Å²) in [6, 6.07) is 79.2. The third-order valence-corrected chi connectivity index (χ3v) is 24.7. The zero-order chi connectivity index (χ0) is 60.0. The molecule has 0 saturated carbocycles. The summed E-state index contributed by atoms with van der Waals surface area (Å²) in [4.78, 5) is 0. The SMILES string of the molecule is [2H]c1c([2H])c([2H])c(-c2c([2H])c([2H])c([2H])c3c2c2c([2H])c(-n4c5ccccc5c5cc([Si](c6ccccc6)(c6ccccc6)c6ccccc6)ccc54)c([2H])c([2H])c2n3-c2cccc([Si](c3ccccc3)(c3ccccc3)c3ccccc3)c2)c([2H])c1[2H]. The van der Waals surface area contributed by atoms with Crippen molar-refractivity contribution >= 4 is 101 Å². The van der Waals surface area contributed by atoms with Gasteiger partial charge in [-0.1, -0.05) is 267 Å². The van der Waals surface area contributed by atoms with E-state index in [1.165, 1.54) is 15.6 Å². The monoisotopic (exact) mass is 1010 g/mol. The highest BCUT2D eigenvalue weighted by atomic mass is 28.3. The highest BCUT2D eigenvalue weighted by molar-refractivity contribution is 7.20. The molecule has 0 aliphatic carbocycles. The molecule has 0 N–H and O–H groups in total. The van der Waals surface area contributed by atoms with Gasteiger partial charge in [0.05, 0.1) is 37.1 Å². The van der Waals surface area contributed by atoms with Crippen LogP contribution in [0.3, 0.4) is 0 Å². The first-order chi connectivity index (χ1) is 42.3. The number of para-hydroxylation sites is 1. The summed E-state index contributed by atoms with van der Waals surface area (Å²) < 4.78 is 110. The van der Waals surface area contributed by atoms with Gasteiger partial charge in [-0.05, 0) is 101 Å². The van der Waals surface area contributed by atoms with Crippen LogP contribution in [0.2, 0.25) is 0 Å². The average molecular weight is 1010 g/mol. The number of hydrogen-bond donors (Lipinski definition) is 0. The normalized spacial score (nSPS) is 14.0. The highest BCUT2D eigenvalue weighted by Crippen LogP contribution is 2.41. The molecular weight excluding hydrogens is 949 g/mol. The fourth-order valence-electron chi connectivity index (χ4n) is 12.0. The van der Waals surface area contributed by atoms with Gasteiger partial charge in [0.2, 0.25) is 0 Å². The van der Waals surface area contributed by atoms with Gasteiger partial charge < -0.3 is 9.13 Å². The maximum atomic E-state index is 10.8. The lowest BCUT2D eigenvalue weighted by Gasteiger charge is -2.34. The number of fused-ring (bicyclic) bond motifs is 6. The lowest BCUT2D eigenvalue weighted by molar-refractivity contribution is 1.17. The summed E-state index contributed by atoms with van der Waals surface area (Å²) in [6.45, 7) is 0. The number of hydrogen-bond acceptors (Lipinski definition) is 0. The second-order valence-electron chi connectivity index (χ2n) is 19.1. The molecule has 14 aromatic rings. The highest BCUT2D eigenvalue weighted by Gasteiger charge is 2.43. The predicted molar refractivity (Wildman–Crippen MR) is 328 cm³/mol. The number of aromatic nitrogens is 2. The molecule has 4 heteroatoms. The van der Waals surface area contributed by atoms with Gasteiger partial charge in [0, 0.05) is 32.9 Å². The molecule has 14 rings (SSSR count). The second kappa shape index (κ2) is 18.9. The van der Waals surface area contributed by atoms with Crippen molar-refractivity contribution in [3.63, 3.8) is 0 Å². The molecule has 0 atom stereocenters. The Balaban J connectivity index is 1.12. The fourth-order valence-corrected chi connectivity index (χ4v) is 21.6. The van der Waals surface area contributed by atoms with Crippen LogP contribution in [0.5, 0.6) is 0 Å². The minimum absolute atomic E-state index is 0.0131. The number of nitrogens with zero attached hydrogens (tertiary/aromatic N) is 2. The molecule has 12 aromatic carbocycles. The second-order valence-corrected chi connectivity index (χ2v) is 26.7. The average Bonchev–Trinajstić information content (AvgIpc) is 1.61. The van der Waals surface area contributed by atoms with Gasteiger partial charge in [0.15, 0.2) is 16.1 Å². The molecule has 2 heterocycles. The molecule has 0 saturated heterocycles. The molecule has 0 spiro atoms. The number of rotatable bonds is 11. The molecule has 0 fully saturated rings. The van der Waals surface area contributed by atoms with E-state index in [2.05, 4.69) is 127 Å². The first kappa shape index (κ1) is 35.0. The lowest BCUT2D eigenvalue weighted by Crippen LogP contribution is -2.74. The van der Waals surface area contributed by atoms with E-state index in [1.807, 2.05) is 126 Å². The van der Waals surface area contributed by atoms with Gasteiger partial charge in [0.25, 0.3) is 0 Å². The molecule has 0 radical (unpaired) electrons. The van der Waals surface area contributed by atoms with Crippen LogP contribution in [-0.2, 0) is 0 Å². The zero-order valence-electron chi connectivity index (χ0n) is 52.1. The van der Waals surface area contributed by atoms with E-state index in [9.17, 15) is 11.0 Å². The Morgan fingerprint density at radius 1 is 0.276 bits per heavy atom. The van der Waals surface area contributed by atoms with E-state index in [0.717, 1.165) is 36.7 Å². The minimum Gasteiger partial charge on any atom is -0.309 e. The predicted octanol–water partition coefficient (Wildman–Crippen LogP) is 12.3. The topological polar surface area (TPSA) is 9.86 Å². The smallest absolute Gasteiger partial charge is 0.179 e. The van der Waals surface area contributed by atoms with Gasteiger partial charge in [-0.3, -0.25) is 0 Å². The Kier molecular flexibility index (Phi) is 8.68. The molecule has 0 bridgehead atoms. The molecule has 76 heavy (non-hydrogen) atoms. The Labute approximate surface area is 461 Å². The fraction of sp³-hybridized carbons (Fsp3) is 0. The Morgan fingerprint density at radius 3 is 1.28 bits per heavy atom. The lowest BCUT2D eigenvalue weighted by atomic mass is 9.99. The summed E-state index contributed by atoms with van der Waals surface area (Å²) in [5.41, 5.74) is 1.13. The van der Waals surface area contributed by atoms with Crippen molar-refractivity contribution in [1.82, 2.24) is 9.13 Å². The Bertz CT molecular complexity index is 4820. The van der Waals surface area contributed by atoms with Crippen LogP contribution in [0.25, 0.3) is 66.1 Å². The quantitative estimate of drug-likeness (QED) is 0.0903. The van der Waals surface area contributed by atoms with Crippen molar-refractivity contribution in [2.75, 3.05) is 0 Å². The van der Waals surface area contributed by atoms with Crippen molar-refractivity contribution in [2.24, 2.45) is 0 Å². The van der Waals surface area contributed by atoms with E-state index in [1.54, 1.807) is 4.57 Å². The van der Waals surface area contributed by atoms with E-state index >= 15 is 0 Å². The van der Waals surface area contributed by atoms with Crippen LogP contribution in [0.15, 0.2) is 315 Å². The van der Waals surface area contributed by atoms with Crippen molar-refractivity contribution in [3.05, 3.63) is 315 Å². The van der Waals surface area contributed by atoms with Gasteiger partial charge >= 0.3 is 0 Å². The standard InChI is InChI=1S/C72H52N2Si2/c1-8-26-53(27-9-1)64-43-25-45-71-72(64)67-51-55(46-48-70(67)74(71)54-28-24-41-62(50-54)75(56-29-10-2-11-30-56,57-31-12-3-13-32-57)58-33-14-4-15-34-58)73-68-44-23-22-42-65(68)66-52-63(47-49-69(66)73)76(59-35-16-5-17-36-59,60-37-18-6-19-38-60)61-39-20-7-21-40-61/h1-52H/i1D,8D,9D,25D,26D,27D,43D,45D,46D,48D,51D. The maximum absolute atomic E-state index is 10.8. The van der Waals surface area contributed by atoms with Crippen molar-refractivity contribution in [2.45, 2.75) is 0 Å². The summed E-state index contributed by atoms with van der Waals surface area (Å²) in [5, 5.41) is 10.5. The summed E-state index contributed by atoms with van der Waals surface area (Å²) >= 11 is 0. The summed E-state index contributed by atoms with van der Waals surface area (Å²) in [7, 11) is -6.36. The maximum Gasteiger partial charge on any atom is 0.179 e. The van der Waals surface area contributed by atoms with Crippen LogP contribution in [-0.4, -0.2) is 25.3 Å². The Hall–Kier alpha value is -9.33. The van der Waals surface area contributed by atoms with Gasteiger partial charge in [-0.15, -0.1) is 0 Å². The molecule has 0 unspecified atom stereocenters. The molecule has 0 aliphatic heterocycles. The van der Waals surface area contributed by atoms with Gasteiger partial charge in [-0.2, -0.15) is 0 Å². The van der Waals surface area contributed by atoms with E-state index in [0.29, 0.717) is 16.7 Å². The van der Waals surface area contributed by atoms with E-state index in [4.69, 9.17) is 4.11 Å². The van der Waals surface area contributed by atoms with Crippen molar-refractivity contribution in [1.29, 1.82) is 0 Å². The third kappa shape index (κ3) is 7.14. The van der Waals surface area contributed by atoms with E-state index in [-0.39, 0.29) is 56.7 Å². The molecule has 2 aromatic heterocycles. The summed E-state index contributed by atoms with van der Waals surface area (Å²) in [6.07, 6.45) is 0. The van der Waals surface area contributed by atoms with Crippen molar-refractivity contribution in [3.8, 4) is 22.5 Å². The summed E-state index contributed by atoms with van der Waals surface area (Å²) in [5.74, 6) is 0. The van der Waals surface area contributed by atoms with Gasteiger partial charge in [-0.25, -0.2) is 0 Å². The molecule has 2 nitrogen and oxygen atoms in total. The van der Waals surface area contributed by atoms with Crippen LogP contribution in [0.4, 0.5) is 0 Å². The third-order valence-electron chi connectivity index (χ3n) is 15.2. The van der Waals surface area contributed by atoms with Crippen LogP contribution >= 0.6 is 0 Å². The Morgan fingerprint density at radius 2 is 0.737 bits per heavy atom. The minimum atomic E-state index is -3.27. The zero-order valence-corrected chi connectivity index (χ0v) is 43.1. The van der Waals surface area contributed by atoms with Crippen molar-refractivity contribution < 1.29 is 15.1 Å². The van der Waals surface area contributed by atoms with Crippen LogP contribution < -0.4 is 41.5 Å². The molecule has 0 amide bonds. The molecule has 358 valence electrons. The van der Waals surface area contributed by atoms with Crippen LogP contribution in [0, 0.1) is 0 Å². The van der Waals surface area contributed by atoms with Gasteiger partial charge in [0.1, 0.15) is 0 Å². The molecular formula is C72H52N2Si2. The van der Waals surface area contributed by atoms with E-state index < -0.39 is 64.5 Å². The first-order valence-electron chi connectivity index (χ1n) is 30.9. The first-order valence-corrected chi connectivity index (χ1v) is 29.4.